The quantitative estimate of drug-likeness (QED) is 0.201. The Morgan fingerprint density at radius 1 is 0.830 bits per heavy atom. The summed E-state index contributed by atoms with van der Waals surface area (Å²) in [5.41, 5.74) is 5.27. The molecule has 0 saturated heterocycles. The van der Waals surface area contributed by atoms with Crippen LogP contribution in [0.1, 0.15) is 55.3 Å². The van der Waals surface area contributed by atoms with Gasteiger partial charge in [-0.05, 0) is 83.4 Å². The maximum atomic E-state index is 12.9. The van der Waals surface area contributed by atoms with Crippen LogP contribution < -0.4 is 29.6 Å². The lowest BCUT2D eigenvalue weighted by atomic mass is 9.93. The van der Waals surface area contributed by atoms with E-state index in [4.69, 9.17) is 23.9 Å². The minimum Gasteiger partial charge on any atom is -0.483 e. The molecule has 0 radical (unpaired) electrons. The predicted molar refractivity (Wildman–Crippen MR) is 179 cm³/mol. The van der Waals surface area contributed by atoms with E-state index in [1.165, 1.54) is 0 Å². The van der Waals surface area contributed by atoms with Gasteiger partial charge >= 0.3 is 0 Å². The highest BCUT2D eigenvalue weighted by molar-refractivity contribution is 5.93. The van der Waals surface area contributed by atoms with Gasteiger partial charge < -0.3 is 29.6 Å². The largest absolute Gasteiger partial charge is 0.483 e. The van der Waals surface area contributed by atoms with Crippen molar-refractivity contribution in [2.24, 2.45) is 0 Å². The number of aryl methyl sites for hydroxylation is 3. The average Bonchev–Trinajstić information content (AvgIpc) is 3.55. The zero-order chi connectivity index (χ0) is 33.2. The highest BCUT2D eigenvalue weighted by atomic mass is 16.5. The number of carbonyl (C=O) groups is 2. The molecule has 2 aliphatic rings. The van der Waals surface area contributed by atoms with E-state index in [1.807, 2.05) is 70.2 Å². The molecular formula is C37H40N4O6. The van der Waals surface area contributed by atoms with Crippen molar-refractivity contribution in [3.63, 3.8) is 0 Å². The van der Waals surface area contributed by atoms with Crippen molar-refractivity contribution in [2.75, 3.05) is 23.8 Å². The maximum absolute atomic E-state index is 12.9. The number of hydrogen-bond acceptors (Lipinski definition) is 8. The van der Waals surface area contributed by atoms with E-state index in [-0.39, 0.29) is 30.6 Å². The van der Waals surface area contributed by atoms with E-state index in [1.54, 1.807) is 24.5 Å². The van der Waals surface area contributed by atoms with Gasteiger partial charge in [0.25, 0.3) is 11.8 Å². The lowest BCUT2D eigenvalue weighted by molar-refractivity contribution is -0.118. The number of benzene rings is 2. The molecule has 1 atom stereocenters. The highest BCUT2D eigenvalue weighted by Crippen LogP contribution is 2.44. The molecule has 0 spiro atoms. The number of anilines is 2. The molecule has 2 aromatic carbocycles. The van der Waals surface area contributed by atoms with Crippen molar-refractivity contribution in [2.45, 2.75) is 71.5 Å². The van der Waals surface area contributed by atoms with E-state index in [2.05, 4.69) is 22.5 Å². The molecule has 0 saturated carbocycles. The summed E-state index contributed by atoms with van der Waals surface area (Å²) < 4.78 is 24.3. The number of aromatic nitrogens is 2. The van der Waals surface area contributed by atoms with Crippen molar-refractivity contribution in [3.8, 4) is 23.0 Å². The van der Waals surface area contributed by atoms with E-state index in [0.717, 1.165) is 40.9 Å². The fourth-order valence-corrected chi connectivity index (χ4v) is 6.17. The molecule has 244 valence electrons. The summed E-state index contributed by atoms with van der Waals surface area (Å²) in [6.45, 7) is 9.73. The third-order valence-corrected chi connectivity index (χ3v) is 8.33. The predicted octanol–water partition coefficient (Wildman–Crippen LogP) is 6.17. The summed E-state index contributed by atoms with van der Waals surface area (Å²) in [5, 5.41) is 5.77. The van der Waals surface area contributed by atoms with Crippen molar-refractivity contribution in [1.82, 2.24) is 9.97 Å². The topological polar surface area (TPSA) is 121 Å². The molecule has 2 aromatic heterocycles. The first-order valence-corrected chi connectivity index (χ1v) is 15.8. The first-order chi connectivity index (χ1) is 22.5. The molecule has 2 aliphatic heterocycles. The third-order valence-electron chi connectivity index (χ3n) is 8.33. The van der Waals surface area contributed by atoms with Gasteiger partial charge in [-0.1, -0.05) is 24.3 Å². The molecule has 1 unspecified atom stereocenters. The summed E-state index contributed by atoms with van der Waals surface area (Å²) in [6.07, 6.45) is 6.14. The molecule has 0 fully saturated rings. The second-order valence-electron chi connectivity index (χ2n) is 13.1. The number of fused-ring (bicyclic) bond motifs is 2. The van der Waals surface area contributed by atoms with Crippen LogP contribution in [0.15, 0.2) is 67.0 Å². The molecule has 2 N–H and O–H groups in total. The third kappa shape index (κ3) is 7.48. The van der Waals surface area contributed by atoms with E-state index >= 15 is 0 Å². The van der Waals surface area contributed by atoms with Crippen LogP contribution in [0.3, 0.4) is 0 Å². The van der Waals surface area contributed by atoms with Gasteiger partial charge in [-0.3, -0.25) is 19.6 Å². The Bertz CT molecular complexity index is 1790. The van der Waals surface area contributed by atoms with Crippen molar-refractivity contribution < 1.29 is 28.5 Å². The van der Waals surface area contributed by atoms with Crippen molar-refractivity contribution in [1.29, 1.82) is 0 Å². The second-order valence-corrected chi connectivity index (χ2v) is 13.1. The van der Waals surface area contributed by atoms with Crippen LogP contribution in [0.4, 0.5) is 11.4 Å². The zero-order valence-electron chi connectivity index (χ0n) is 27.4. The van der Waals surface area contributed by atoms with Gasteiger partial charge in [0.15, 0.2) is 36.2 Å². The number of ether oxygens (including phenoxy) is 4. The molecular weight excluding hydrogens is 596 g/mol. The Hall–Kier alpha value is -5.12. The molecule has 47 heavy (non-hydrogen) atoms. The fourth-order valence-electron chi connectivity index (χ4n) is 6.17. The van der Waals surface area contributed by atoms with Crippen LogP contribution in [-0.4, -0.2) is 46.2 Å². The fraction of sp³-hybridized carbons (Fsp3) is 0.351. The Labute approximate surface area is 274 Å². The van der Waals surface area contributed by atoms with Crippen LogP contribution in [0, 0.1) is 13.8 Å². The molecule has 0 bridgehead atoms. The average molecular weight is 637 g/mol. The highest BCUT2D eigenvalue weighted by Gasteiger charge is 2.37. The number of para-hydroxylation sites is 2. The van der Waals surface area contributed by atoms with Crippen LogP contribution >= 0.6 is 0 Å². The van der Waals surface area contributed by atoms with Gasteiger partial charge in [0, 0.05) is 47.7 Å². The minimum absolute atomic E-state index is 0.141. The lowest BCUT2D eigenvalue weighted by Crippen LogP contribution is -2.31. The van der Waals surface area contributed by atoms with E-state index in [9.17, 15) is 9.59 Å². The molecule has 10 heteroatoms. The number of carbonyl (C=O) groups excluding carboxylic acids is 2. The summed E-state index contributed by atoms with van der Waals surface area (Å²) >= 11 is 0. The number of rotatable bonds is 11. The van der Waals surface area contributed by atoms with Gasteiger partial charge in [0.05, 0.1) is 11.4 Å². The zero-order valence-corrected chi connectivity index (χ0v) is 27.4. The Morgan fingerprint density at radius 3 is 2.11 bits per heavy atom. The standard InChI is InChI=1S/C37H40N4O6/c1-23-18-28(39-24(2)33(23)41-32(43)22-45-29-10-6-8-25-19-36(3,4)46-34(25)29)12-15-37(5)20-26-9-7-11-30(35(26)47-37)44-21-31(42)40-27-13-16-38-17-14-27/h6-11,13-14,16-18H,12,15,19-22H2,1-5H3,(H,41,43)(H,38,40,42). The van der Waals surface area contributed by atoms with Crippen LogP contribution in [0.5, 0.6) is 23.0 Å². The van der Waals surface area contributed by atoms with Gasteiger partial charge in [0.2, 0.25) is 0 Å². The minimum atomic E-state index is -0.467. The Morgan fingerprint density at radius 2 is 1.45 bits per heavy atom. The monoisotopic (exact) mass is 636 g/mol. The van der Waals surface area contributed by atoms with Crippen molar-refractivity contribution in [3.05, 3.63) is 95.1 Å². The van der Waals surface area contributed by atoms with E-state index < -0.39 is 5.60 Å². The number of nitrogens with zero attached hydrogens (tertiary/aromatic N) is 2. The molecule has 10 nitrogen and oxygen atoms in total. The van der Waals surface area contributed by atoms with Crippen LogP contribution in [0.2, 0.25) is 0 Å². The summed E-state index contributed by atoms with van der Waals surface area (Å²) in [7, 11) is 0. The number of hydrogen-bond donors (Lipinski definition) is 2. The van der Waals surface area contributed by atoms with Gasteiger partial charge in [-0.25, -0.2) is 0 Å². The smallest absolute Gasteiger partial charge is 0.262 e. The molecule has 6 rings (SSSR count). The summed E-state index contributed by atoms with van der Waals surface area (Å²) in [6, 6.07) is 17.0. The van der Waals surface area contributed by atoms with Crippen LogP contribution in [0.25, 0.3) is 0 Å². The van der Waals surface area contributed by atoms with Crippen molar-refractivity contribution >= 4 is 23.2 Å². The molecule has 4 aromatic rings. The first-order valence-electron chi connectivity index (χ1n) is 15.8. The van der Waals surface area contributed by atoms with E-state index in [0.29, 0.717) is 47.2 Å². The second kappa shape index (κ2) is 12.9. The normalized spacial score (nSPS) is 17.1. The Balaban J connectivity index is 1.02. The Kier molecular flexibility index (Phi) is 8.77. The molecule has 0 aliphatic carbocycles. The molecule has 4 heterocycles. The maximum Gasteiger partial charge on any atom is 0.262 e. The first kappa shape index (κ1) is 31.8. The number of amides is 2. The number of nitrogens with one attached hydrogen (secondary N) is 2. The summed E-state index contributed by atoms with van der Waals surface area (Å²) in [5.74, 6) is 1.95. The van der Waals surface area contributed by atoms with Crippen LogP contribution in [-0.2, 0) is 28.9 Å². The van der Waals surface area contributed by atoms with Gasteiger partial charge in [-0.15, -0.1) is 0 Å². The van der Waals surface area contributed by atoms with Gasteiger partial charge in [-0.2, -0.15) is 0 Å². The summed E-state index contributed by atoms with van der Waals surface area (Å²) in [4.78, 5) is 34.1. The number of pyridine rings is 2. The lowest BCUT2D eigenvalue weighted by Gasteiger charge is -2.24. The van der Waals surface area contributed by atoms with Gasteiger partial charge in [0.1, 0.15) is 11.2 Å². The molecule has 2 amide bonds. The SMILES string of the molecule is Cc1cc(CCC2(C)Cc3cccc(OCC(=O)Nc4ccncc4)c3O2)nc(C)c1NC(=O)COc1cccc2c1OC(C)(C)C2.